The van der Waals surface area contributed by atoms with Crippen LogP contribution in [-0.4, -0.2) is 32.1 Å². The minimum atomic E-state index is -4.67. The minimum absolute atomic E-state index is 0.154. The van der Waals surface area contributed by atoms with E-state index in [2.05, 4.69) is 25.3 Å². The fraction of sp³-hybridized carbons (Fsp3) is 0.136. The quantitative estimate of drug-likeness (QED) is 0.215. The van der Waals surface area contributed by atoms with Gasteiger partial charge in [-0.05, 0) is 42.0 Å². The Balaban J connectivity index is 1.72. The first kappa shape index (κ1) is 25.4. The Labute approximate surface area is 197 Å². The van der Waals surface area contributed by atoms with Crippen molar-refractivity contribution in [1.29, 1.82) is 5.26 Å². The minimum Gasteiger partial charge on any atom is -0.484 e. The number of sulfone groups is 1. The van der Waals surface area contributed by atoms with Crippen LogP contribution in [0.4, 0.5) is 23.2 Å². The van der Waals surface area contributed by atoms with Gasteiger partial charge in [-0.1, -0.05) is 12.1 Å². The number of nitriles is 1. The number of benzene rings is 2. The zero-order valence-electron chi connectivity index (χ0n) is 17.8. The van der Waals surface area contributed by atoms with Gasteiger partial charge in [0.05, 0.1) is 9.79 Å². The summed E-state index contributed by atoms with van der Waals surface area (Å²) in [6.45, 7) is -1.51. The van der Waals surface area contributed by atoms with E-state index in [0.717, 1.165) is 6.07 Å². The van der Waals surface area contributed by atoms with E-state index in [4.69, 9.17) is 5.26 Å². The van der Waals surface area contributed by atoms with E-state index in [1.807, 2.05) is 0 Å². The predicted molar refractivity (Wildman–Crippen MR) is 118 cm³/mol. The molecule has 0 unspecified atom stereocenters. The Bertz CT molecular complexity index is 1340. The number of halogens is 4. The molecule has 0 aliphatic rings. The summed E-state index contributed by atoms with van der Waals surface area (Å²) in [5, 5.41) is 14.7. The van der Waals surface area contributed by atoms with Gasteiger partial charge in [0.25, 0.3) is 0 Å². The van der Waals surface area contributed by atoms with Crippen LogP contribution in [0.2, 0.25) is 0 Å². The summed E-state index contributed by atoms with van der Waals surface area (Å²) in [6.07, 6.45) is 0.0989. The fourth-order valence-electron chi connectivity index (χ4n) is 2.78. The first-order valence-electron chi connectivity index (χ1n) is 9.79. The highest BCUT2D eigenvalue weighted by Gasteiger charge is 2.29. The topological polar surface area (TPSA) is 116 Å². The van der Waals surface area contributed by atoms with Gasteiger partial charge >= 0.3 is 6.18 Å². The molecule has 0 bridgehead atoms. The van der Waals surface area contributed by atoms with Crippen LogP contribution < -0.4 is 15.4 Å². The monoisotopic (exact) mass is 507 g/mol. The van der Waals surface area contributed by atoms with Crippen molar-refractivity contribution in [2.75, 3.05) is 11.9 Å². The number of hydrogen-bond donors (Lipinski definition) is 2. The van der Waals surface area contributed by atoms with Crippen molar-refractivity contribution in [1.82, 2.24) is 10.3 Å². The number of alkyl halides is 3. The summed E-state index contributed by atoms with van der Waals surface area (Å²) in [5.41, 5.74) is 1.26. The highest BCUT2D eigenvalue weighted by atomic mass is 32.2. The molecule has 0 atom stereocenters. The average molecular weight is 507 g/mol. The molecule has 1 heterocycles. The van der Waals surface area contributed by atoms with E-state index in [-0.39, 0.29) is 17.4 Å². The SMILES string of the molecule is N#CN=C(NCc1ccc(S(=O)(=O)c2cc(F)cc(OCC(F)(F)F)c2)cc1)Nc1ccncc1. The van der Waals surface area contributed by atoms with E-state index < -0.39 is 39.1 Å². The zero-order chi connectivity index (χ0) is 25.5. The Morgan fingerprint density at radius 1 is 1.06 bits per heavy atom. The van der Waals surface area contributed by atoms with E-state index in [1.165, 1.54) is 24.3 Å². The number of hydrogen-bond acceptors (Lipinski definition) is 6. The molecule has 8 nitrogen and oxygen atoms in total. The van der Waals surface area contributed by atoms with Gasteiger partial charge in [0.15, 0.2) is 6.61 Å². The zero-order valence-corrected chi connectivity index (χ0v) is 18.6. The lowest BCUT2D eigenvalue weighted by Gasteiger charge is -2.12. The van der Waals surface area contributed by atoms with Crippen molar-refractivity contribution >= 4 is 21.5 Å². The van der Waals surface area contributed by atoms with Crippen molar-refractivity contribution in [3.63, 3.8) is 0 Å². The number of nitrogens with zero attached hydrogens (tertiary/aromatic N) is 3. The molecule has 13 heteroatoms. The molecular weight excluding hydrogens is 490 g/mol. The second-order valence-electron chi connectivity index (χ2n) is 6.95. The number of nitrogens with one attached hydrogen (secondary N) is 2. The van der Waals surface area contributed by atoms with Gasteiger partial charge < -0.3 is 15.4 Å². The van der Waals surface area contributed by atoms with E-state index in [9.17, 15) is 26.0 Å². The van der Waals surface area contributed by atoms with Crippen LogP contribution >= 0.6 is 0 Å². The molecule has 2 aromatic carbocycles. The van der Waals surface area contributed by atoms with Crippen LogP contribution in [0.5, 0.6) is 5.75 Å². The first-order valence-corrected chi connectivity index (χ1v) is 11.3. The lowest BCUT2D eigenvalue weighted by Crippen LogP contribution is -2.30. The Morgan fingerprint density at radius 3 is 2.37 bits per heavy atom. The molecule has 0 spiro atoms. The van der Waals surface area contributed by atoms with E-state index in [0.29, 0.717) is 23.4 Å². The summed E-state index contributed by atoms with van der Waals surface area (Å²) in [7, 11) is -4.24. The van der Waals surface area contributed by atoms with Gasteiger partial charge in [-0.3, -0.25) is 4.98 Å². The summed E-state index contributed by atoms with van der Waals surface area (Å²) >= 11 is 0. The second kappa shape index (κ2) is 10.8. The Morgan fingerprint density at radius 2 is 1.74 bits per heavy atom. The van der Waals surface area contributed by atoms with Gasteiger partial charge in [0.2, 0.25) is 22.0 Å². The molecular formula is C22H17F4N5O3S. The highest BCUT2D eigenvalue weighted by Crippen LogP contribution is 2.27. The van der Waals surface area contributed by atoms with Crippen LogP contribution in [0.1, 0.15) is 5.56 Å². The average Bonchev–Trinajstić information content (AvgIpc) is 2.81. The van der Waals surface area contributed by atoms with Crippen LogP contribution in [0.3, 0.4) is 0 Å². The molecule has 1 aromatic heterocycles. The first-order chi connectivity index (χ1) is 16.6. The maximum absolute atomic E-state index is 13.9. The summed E-state index contributed by atoms with van der Waals surface area (Å²) in [5.74, 6) is -1.47. The van der Waals surface area contributed by atoms with Gasteiger partial charge in [-0.25, -0.2) is 12.8 Å². The van der Waals surface area contributed by atoms with Crippen LogP contribution in [-0.2, 0) is 16.4 Å². The van der Waals surface area contributed by atoms with Crippen molar-refractivity contribution < 1.29 is 30.7 Å². The summed E-state index contributed by atoms with van der Waals surface area (Å²) in [6, 6.07) is 11.0. The maximum atomic E-state index is 13.9. The molecule has 0 saturated carbocycles. The molecule has 0 aliphatic heterocycles. The third-order valence-electron chi connectivity index (χ3n) is 4.36. The predicted octanol–water partition coefficient (Wildman–Crippen LogP) is 4.03. The van der Waals surface area contributed by atoms with E-state index in [1.54, 1.807) is 30.7 Å². The number of aliphatic imine (C=N–C) groups is 1. The standard InChI is InChI=1S/C22H17F4N5O3S/c23-16-9-18(34-13-22(24,25)26)11-20(10-16)35(32,33)19-3-1-15(2-4-19)12-29-21(30-14-27)31-17-5-7-28-8-6-17/h1-11H,12-13H2,(H2,28,29,30,31). The molecule has 3 aromatic rings. The number of ether oxygens (including phenoxy) is 1. The molecule has 0 aliphatic carbocycles. The number of guanidine groups is 1. The summed E-state index contributed by atoms with van der Waals surface area (Å²) < 4.78 is 81.2. The van der Waals surface area contributed by atoms with Crippen LogP contribution in [0.15, 0.2) is 81.8 Å². The molecule has 2 N–H and O–H groups in total. The maximum Gasteiger partial charge on any atom is 0.422 e. The normalized spacial score (nSPS) is 12.0. The Hall–Kier alpha value is -4.18. The molecule has 3 rings (SSSR count). The molecule has 35 heavy (non-hydrogen) atoms. The highest BCUT2D eigenvalue weighted by molar-refractivity contribution is 7.91. The van der Waals surface area contributed by atoms with Gasteiger partial charge in [-0.2, -0.15) is 18.4 Å². The van der Waals surface area contributed by atoms with Crippen molar-refractivity contribution in [3.05, 3.63) is 78.4 Å². The van der Waals surface area contributed by atoms with Crippen LogP contribution in [0.25, 0.3) is 0 Å². The molecule has 0 amide bonds. The van der Waals surface area contributed by atoms with Crippen molar-refractivity contribution in [3.8, 4) is 11.9 Å². The number of pyridine rings is 1. The molecule has 0 radical (unpaired) electrons. The molecule has 0 saturated heterocycles. The van der Waals surface area contributed by atoms with Gasteiger partial charge in [0.1, 0.15) is 11.6 Å². The third kappa shape index (κ3) is 7.41. The number of rotatable bonds is 7. The van der Waals surface area contributed by atoms with Gasteiger partial charge in [-0.15, -0.1) is 4.99 Å². The third-order valence-corrected chi connectivity index (χ3v) is 6.11. The molecule has 0 fully saturated rings. The lowest BCUT2D eigenvalue weighted by atomic mass is 10.2. The van der Waals surface area contributed by atoms with Crippen LogP contribution in [0, 0.1) is 17.3 Å². The number of aromatic nitrogens is 1. The van der Waals surface area contributed by atoms with Gasteiger partial charge in [0, 0.05) is 30.7 Å². The van der Waals surface area contributed by atoms with Crippen molar-refractivity contribution in [2.45, 2.75) is 22.5 Å². The smallest absolute Gasteiger partial charge is 0.422 e. The largest absolute Gasteiger partial charge is 0.484 e. The Kier molecular flexibility index (Phi) is 7.87. The number of anilines is 1. The molecule has 182 valence electrons. The van der Waals surface area contributed by atoms with Crippen molar-refractivity contribution in [2.24, 2.45) is 4.99 Å². The van der Waals surface area contributed by atoms with E-state index >= 15 is 0 Å². The summed E-state index contributed by atoms with van der Waals surface area (Å²) in [4.78, 5) is 6.78. The lowest BCUT2D eigenvalue weighted by molar-refractivity contribution is -0.153. The second-order valence-corrected chi connectivity index (χ2v) is 8.90. The fourth-order valence-corrected chi connectivity index (χ4v) is 4.09.